The number of rotatable bonds is 3. The highest BCUT2D eigenvalue weighted by atomic mass is 79.9. The minimum atomic E-state index is -0.249. The van der Waals surface area contributed by atoms with Crippen molar-refractivity contribution in [1.29, 1.82) is 0 Å². The summed E-state index contributed by atoms with van der Waals surface area (Å²) in [6, 6.07) is 20.2. The molecule has 0 unspecified atom stereocenters. The summed E-state index contributed by atoms with van der Waals surface area (Å²) >= 11 is 9.60. The number of amides is 1. The fourth-order valence-electron chi connectivity index (χ4n) is 5.06. The van der Waals surface area contributed by atoms with Gasteiger partial charge in [-0.15, -0.1) is 0 Å². The van der Waals surface area contributed by atoms with Crippen LogP contribution in [0.3, 0.4) is 0 Å². The molecule has 0 aromatic heterocycles. The van der Waals surface area contributed by atoms with Crippen LogP contribution in [0.15, 0.2) is 71.2 Å². The number of carbonyl (C=O) groups is 1. The van der Waals surface area contributed by atoms with Crippen LogP contribution in [-0.2, 0) is 12.0 Å². The van der Waals surface area contributed by atoms with E-state index in [4.69, 9.17) is 11.6 Å². The first-order valence-corrected chi connectivity index (χ1v) is 11.9. The van der Waals surface area contributed by atoms with Crippen molar-refractivity contribution >= 4 is 39.1 Å². The van der Waals surface area contributed by atoms with E-state index in [-0.39, 0.29) is 17.1 Å². The molecule has 1 fully saturated rings. The van der Waals surface area contributed by atoms with E-state index in [1.165, 1.54) is 11.6 Å². The third-order valence-electron chi connectivity index (χ3n) is 6.71. The topological polar surface area (TPSA) is 23.6 Å². The van der Waals surface area contributed by atoms with Gasteiger partial charge in [0.15, 0.2) is 0 Å². The van der Waals surface area contributed by atoms with E-state index < -0.39 is 0 Å². The van der Waals surface area contributed by atoms with E-state index in [2.05, 4.69) is 26.9 Å². The molecule has 0 radical (unpaired) electrons. The largest absolute Gasteiger partial charge is 0.307 e. The number of hydrogen-bond donors (Lipinski definition) is 0. The molecular weight excluding hydrogens is 491 g/mol. The summed E-state index contributed by atoms with van der Waals surface area (Å²) in [7, 11) is 0. The van der Waals surface area contributed by atoms with Crippen molar-refractivity contribution < 1.29 is 9.18 Å². The molecule has 2 aliphatic heterocycles. The van der Waals surface area contributed by atoms with Gasteiger partial charge in [0, 0.05) is 39.3 Å². The van der Waals surface area contributed by atoms with Gasteiger partial charge in [-0.2, -0.15) is 0 Å². The average Bonchev–Trinajstić information content (AvgIpc) is 3.08. The van der Waals surface area contributed by atoms with Crippen LogP contribution in [0.1, 0.15) is 34.3 Å². The molecule has 1 saturated heterocycles. The molecule has 3 aromatic rings. The van der Waals surface area contributed by atoms with Crippen LogP contribution in [0.2, 0.25) is 5.02 Å². The molecule has 0 saturated carbocycles. The van der Waals surface area contributed by atoms with Crippen LogP contribution < -0.4 is 4.90 Å². The lowest BCUT2D eigenvalue weighted by molar-refractivity contribution is 0.0975. The van der Waals surface area contributed by atoms with E-state index in [0.717, 1.165) is 53.2 Å². The van der Waals surface area contributed by atoms with Crippen molar-refractivity contribution in [2.45, 2.75) is 24.8 Å². The van der Waals surface area contributed by atoms with Gasteiger partial charge in [-0.1, -0.05) is 45.7 Å². The summed E-state index contributed by atoms with van der Waals surface area (Å²) in [5.41, 5.74) is 3.40. The van der Waals surface area contributed by atoms with Crippen molar-refractivity contribution in [3.63, 3.8) is 0 Å². The van der Waals surface area contributed by atoms with Crippen molar-refractivity contribution in [2.75, 3.05) is 24.5 Å². The number of fused-ring (bicyclic) bond motifs is 2. The van der Waals surface area contributed by atoms with Gasteiger partial charge in [-0.05, 0) is 85.6 Å². The fourth-order valence-corrected chi connectivity index (χ4v) is 5.67. The molecule has 32 heavy (non-hydrogen) atoms. The Kier molecular flexibility index (Phi) is 5.82. The molecule has 5 rings (SSSR count). The predicted octanol–water partition coefficient (Wildman–Crippen LogP) is 6.44. The lowest BCUT2D eigenvalue weighted by Gasteiger charge is -2.40. The smallest absolute Gasteiger partial charge is 0.258 e. The van der Waals surface area contributed by atoms with Gasteiger partial charge in [-0.25, -0.2) is 4.39 Å². The first kappa shape index (κ1) is 21.6. The summed E-state index contributed by atoms with van der Waals surface area (Å²) in [6.07, 6.45) is 1.76. The van der Waals surface area contributed by atoms with E-state index in [0.29, 0.717) is 12.1 Å². The van der Waals surface area contributed by atoms with E-state index in [9.17, 15) is 9.18 Å². The Morgan fingerprint density at radius 3 is 2.56 bits per heavy atom. The first-order valence-electron chi connectivity index (χ1n) is 10.8. The second-order valence-electron chi connectivity index (χ2n) is 8.75. The molecule has 0 atom stereocenters. The Bertz CT molecular complexity index is 1180. The monoisotopic (exact) mass is 512 g/mol. The molecule has 3 nitrogen and oxygen atoms in total. The van der Waals surface area contributed by atoms with Crippen LogP contribution in [0, 0.1) is 5.82 Å². The maximum Gasteiger partial charge on any atom is 0.258 e. The van der Waals surface area contributed by atoms with Gasteiger partial charge in [0.1, 0.15) is 5.82 Å². The minimum Gasteiger partial charge on any atom is -0.307 e. The summed E-state index contributed by atoms with van der Waals surface area (Å²) in [5, 5.41) is 0.748. The second kappa shape index (κ2) is 8.62. The first-order chi connectivity index (χ1) is 15.4. The minimum absolute atomic E-state index is 0.0441. The van der Waals surface area contributed by atoms with Gasteiger partial charge in [0.2, 0.25) is 0 Å². The van der Waals surface area contributed by atoms with Crippen molar-refractivity contribution in [1.82, 2.24) is 4.90 Å². The van der Waals surface area contributed by atoms with Crippen LogP contribution in [-0.4, -0.2) is 30.4 Å². The molecule has 6 heteroatoms. The Balaban J connectivity index is 1.39. The maximum atomic E-state index is 14.3. The standard InChI is InChI=1S/C26H23BrClFN2O/c27-20-5-2-4-19(14-20)25(32)31-17-26(23-15-22(29)7-8-24(23)31)9-11-30(12-10-26)16-18-3-1-6-21(28)13-18/h1-8,13-15H,9-12,16-17H2. The normalized spacial score (nSPS) is 17.5. The van der Waals surface area contributed by atoms with Crippen LogP contribution >= 0.6 is 27.5 Å². The molecule has 3 aromatic carbocycles. The van der Waals surface area contributed by atoms with Crippen molar-refractivity contribution in [3.05, 3.63) is 98.7 Å². The number of benzene rings is 3. The third kappa shape index (κ3) is 4.09. The van der Waals surface area contributed by atoms with Gasteiger partial charge in [0.25, 0.3) is 5.91 Å². The zero-order valence-corrected chi connectivity index (χ0v) is 19.9. The third-order valence-corrected chi connectivity index (χ3v) is 7.43. The number of carbonyl (C=O) groups excluding carboxylic acids is 1. The lowest BCUT2D eigenvalue weighted by atomic mass is 9.74. The second-order valence-corrected chi connectivity index (χ2v) is 10.1. The molecule has 2 aliphatic rings. The highest BCUT2D eigenvalue weighted by molar-refractivity contribution is 9.10. The van der Waals surface area contributed by atoms with E-state index >= 15 is 0 Å². The molecule has 1 spiro atoms. The molecule has 0 N–H and O–H groups in total. The van der Waals surface area contributed by atoms with Crippen molar-refractivity contribution in [3.8, 4) is 0 Å². The Morgan fingerprint density at radius 1 is 1.03 bits per heavy atom. The average molecular weight is 514 g/mol. The molecule has 0 aliphatic carbocycles. The van der Waals surface area contributed by atoms with Crippen LogP contribution in [0.4, 0.5) is 10.1 Å². The highest BCUT2D eigenvalue weighted by Gasteiger charge is 2.46. The molecule has 0 bridgehead atoms. The molecule has 164 valence electrons. The van der Waals surface area contributed by atoms with E-state index in [1.807, 2.05) is 47.4 Å². The van der Waals surface area contributed by atoms with Gasteiger partial charge in [0.05, 0.1) is 0 Å². The summed E-state index contributed by atoms with van der Waals surface area (Å²) in [5.74, 6) is -0.293. The van der Waals surface area contributed by atoms with Gasteiger partial charge in [-0.3, -0.25) is 9.69 Å². The molecule has 2 heterocycles. The SMILES string of the molecule is O=C(c1cccc(Br)c1)N1CC2(CCN(Cc3cccc(Cl)c3)CC2)c2cc(F)ccc21. The Morgan fingerprint density at radius 2 is 1.81 bits per heavy atom. The summed E-state index contributed by atoms with van der Waals surface area (Å²) in [6.45, 7) is 3.21. The Hall–Kier alpha value is -2.21. The number of anilines is 1. The number of hydrogen-bond acceptors (Lipinski definition) is 2. The van der Waals surface area contributed by atoms with Crippen LogP contribution in [0.5, 0.6) is 0 Å². The highest BCUT2D eigenvalue weighted by Crippen LogP contribution is 2.48. The lowest BCUT2D eigenvalue weighted by Crippen LogP contribution is -2.45. The maximum absolute atomic E-state index is 14.3. The fraction of sp³-hybridized carbons (Fsp3) is 0.269. The van der Waals surface area contributed by atoms with Gasteiger partial charge >= 0.3 is 0 Å². The summed E-state index contributed by atoms with van der Waals surface area (Å²) in [4.78, 5) is 17.6. The van der Waals surface area contributed by atoms with E-state index in [1.54, 1.807) is 12.1 Å². The quantitative estimate of drug-likeness (QED) is 0.403. The van der Waals surface area contributed by atoms with Crippen LogP contribution in [0.25, 0.3) is 0 Å². The molecular formula is C26H23BrClFN2O. The number of likely N-dealkylation sites (tertiary alicyclic amines) is 1. The van der Waals surface area contributed by atoms with Gasteiger partial charge < -0.3 is 4.90 Å². The number of piperidine rings is 1. The zero-order valence-electron chi connectivity index (χ0n) is 17.5. The molecule has 1 amide bonds. The Labute approximate surface area is 200 Å². The zero-order chi connectivity index (χ0) is 22.3. The summed E-state index contributed by atoms with van der Waals surface area (Å²) < 4.78 is 15.1. The van der Waals surface area contributed by atoms with Crippen molar-refractivity contribution in [2.24, 2.45) is 0 Å². The predicted molar refractivity (Wildman–Crippen MR) is 130 cm³/mol. The number of nitrogens with zero attached hydrogens (tertiary/aromatic N) is 2. The number of halogens is 3.